The predicted octanol–water partition coefficient (Wildman–Crippen LogP) is 2.17. The minimum absolute atomic E-state index is 0.145. The molecule has 0 aromatic rings. The van der Waals surface area contributed by atoms with Crippen molar-refractivity contribution in [2.45, 2.75) is 32.8 Å². The average Bonchev–Trinajstić information content (AvgIpc) is 2.16. The maximum Gasteiger partial charge on any atom is 0.335 e. The van der Waals surface area contributed by atoms with Crippen LogP contribution in [-0.2, 0) is 14.3 Å². The van der Waals surface area contributed by atoms with Crippen molar-refractivity contribution in [3.63, 3.8) is 0 Å². The molecule has 0 amide bonds. The van der Waals surface area contributed by atoms with Crippen molar-refractivity contribution in [2.75, 3.05) is 13.7 Å². The molecule has 0 saturated carbocycles. The predicted molar refractivity (Wildman–Crippen MR) is 56.0 cm³/mol. The molecular formula is C11H20O3. The molecule has 3 heteroatoms. The van der Waals surface area contributed by atoms with E-state index in [1.807, 2.05) is 19.9 Å². The quantitative estimate of drug-likeness (QED) is 0.359. The monoisotopic (exact) mass is 200 g/mol. The Labute approximate surface area is 86.1 Å². The molecule has 0 spiro atoms. The van der Waals surface area contributed by atoms with Gasteiger partial charge in [0.2, 0.25) is 0 Å². The number of unbranched alkanes of at least 4 members (excludes halogenated alkanes) is 1. The van der Waals surface area contributed by atoms with Gasteiger partial charge in [-0.1, -0.05) is 19.9 Å². The van der Waals surface area contributed by atoms with Crippen LogP contribution in [0.1, 0.15) is 26.7 Å². The number of carbonyl (C=O) groups is 1. The van der Waals surface area contributed by atoms with Gasteiger partial charge < -0.3 is 9.47 Å². The fourth-order valence-electron chi connectivity index (χ4n) is 1.09. The van der Waals surface area contributed by atoms with E-state index in [0.29, 0.717) is 6.61 Å². The third kappa shape index (κ3) is 5.02. The zero-order chi connectivity index (χ0) is 11.0. The Morgan fingerprint density at radius 3 is 2.57 bits per heavy atom. The molecule has 0 N–H and O–H groups in total. The Kier molecular flexibility index (Phi) is 7.11. The second-order valence-electron chi connectivity index (χ2n) is 3.49. The van der Waals surface area contributed by atoms with E-state index in [1.165, 1.54) is 7.11 Å². The molecule has 1 unspecified atom stereocenters. The van der Waals surface area contributed by atoms with Gasteiger partial charge in [-0.25, -0.2) is 4.79 Å². The molecule has 0 fully saturated rings. The molecule has 14 heavy (non-hydrogen) atoms. The molecule has 0 aliphatic carbocycles. The van der Waals surface area contributed by atoms with E-state index < -0.39 is 6.10 Å². The maximum atomic E-state index is 11.2. The van der Waals surface area contributed by atoms with Crippen LogP contribution in [0.4, 0.5) is 0 Å². The highest BCUT2D eigenvalue weighted by Crippen LogP contribution is 2.09. The maximum absolute atomic E-state index is 11.2. The number of esters is 1. The van der Waals surface area contributed by atoms with Crippen LogP contribution in [0.5, 0.6) is 0 Å². The van der Waals surface area contributed by atoms with Crippen LogP contribution in [0.3, 0.4) is 0 Å². The third-order valence-corrected chi connectivity index (χ3v) is 1.89. The number of methoxy groups -OCH3 is 1. The molecule has 1 atom stereocenters. The van der Waals surface area contributed by atoms with E-state index in [-0.39, 0.29) is 11.9 Å². The van der Waals surface area contributed by atoms with Crippen molar-refractivity contribution in [3.05, 3.63) is 12.7 Å². The Morgan fingerprint density at radius 2 is 2.14 bits per heavy atom. The first-order valence-corrected chi connectivity index (χ1v) is 4.93. The van der Waals surface area contributed by atoms with Crippen LogP contribution in [-0.4, -0.2) is 25.8 Å². The number of carbonyl (C=O) groups excluding carboxylic acids is 1. The number of hydrogen-bond donors (Lipinski definition) is 0. The minimum atomic E-state index is -0.440. The molecule has 0 heterocycles. The molecule has 0 aromatic carbocycles. The van der Waals surface area contributed by atoms with Gasteiger partial charge in [0.25, 0.3) is 0 Å². The standard InChI is InChI=1S/C11H20O3/c1-5-6-7-8-14-10(9(2)3)11(12)13-4/h5,9-10H,1,6-8H2,2-4H3. The summed E-state index contributed by atoms with van der Waals surface area (Å²) in [5.74, 6) is -0.148. The van der Waals surface area contributed by atoms with E-state index in [4.69, 9.17) is 4.74 Å². The number of hydrogen-bond acceptors (Lipinski definition) is 3. The zero-order valence-electron chi connectivity index (χ0n) is 9.29. The van der Waals surface area contributed by atoms with Gasteiger partial charge in [0.15, 0.2) is 6.10 Å². The van der Waals surface area contributed by atoms with Crippen molar-refractivity contribution in [2.24, 2.45) is 5.92 Å². The lowest BCUT2D eigenvalue weighted by Gasteiger charge is -2.18. The second-order valence-corrected chi connectivity index (χ2v) is 3.49. The van der Waals surface area contributed by atoms with E-state index >= 15 is 0 Å². The van der Waals surface area contributed by atoms with E-state index in [1.54, 1.807) is 0 Å². The van der Waals surface area contributed by atoms with Gasteiger partial charge in [-0.05, 0) is 18.8 Å². The van der Waals surface area contributed by atoms with Crippen molar-refractivity contribution in [3.8, 4) is 0 Å². The topological polar surface area (TPSA) is 35.5 Å². The largest absolute Gasteiger partial charge is 0.467 e. The van der Waals surface area contributed by atoms with Gasteiger partial charge in [-0.15, -0.1) is 6.58 Å². The summed E-state index contributed by atoms with van der Waals surface area (Å²) in [6.45, 7) is 8.07. The van der Waals surface area contributed by atoms with E-state index in [2.05, 4.69) is 11.3 Å². The molecule has 0 bridgehead atoms. The van der Waals surface area contributed by atoms with Gasteiger partial charge >= 0.3 is 5.97 Å². The minimum Gasteiger partial charge on any atom is -0.467 e. The number of allylic oxidation sites excluding steroid dienone is 1. The lowest BCUT2D eigenvalue weighted by molar-refractivity contribution is -0.157. The van der Waals surface area contributed by atoms with Crippen molar-refractivity contribution >= 4 is 5.97 Å². The summed E-state index contributed by atoms with van der Waals surface area (Å²) in [6, 6.07) is 0. The fraction of sp³-hybridized carbons (Fsp3) is 0.727. The van der Waals surface area contributed by atoms with Crippen LogP contribution in [0.2, 0.25) is 0 Å². The number of rotatable bonds is 7. The first-order chi connectivity index (χ1) is 6.63. The van der Waals surface area contributed by atoms with Gasteiger partial charge in [-0.2, -0.15) is 0 Å². The van der Waals surface area contributed by atoms with Crippen LogP contribution in [0.25, 0.3) is 0 Å². The van der Waals surface area contributed by atoms with Gasteiger partial charge in [0.05, 0.1) is 7.11 Å². The highest BCUT2D eigenvalue weighted by Gasteiger charge is 2.23. The highest BCUT2D eigenvalue weighted by molar-refractivity contribution is 5.74. The fourth-order valence-corrected chi connectivity index (χ4v) is 1.09. The summed E-state index contributed by atoms with van der Waals surface area (Å²) in [6.07, 6.45) is 3.20. The van der Waals surface area contributed by atoms with E-state index in [0.717, 1.165) is 12.8 Å². The first-order valence-electron chi connectivity index (χ1n) is 4.93. The Balaban J connectivity index is 3.85. The Morgan fingerprint density at radius 1 is 1.50 bits per heavy atom. The summed E-state index contributed by atoms with van der Waals surface area (Å²) in [7, 11) is 1.38. The summed E-state index contributed by atoms with van der Waals surface area (Å²) < 4.78 is 10.1. The molecule has 0 aliphatic heterocycles. The molecule has 0 rings (SSSR count). The molecule has 0 aromatic heterocycles. The second kappa shape index (κ2) is 7.56. The Bertz CT molecular complexity index is 175. The van der Waals surface area contributed by atoms with Crippen molar-refractivity contribution in [1.82, 2.24) is 0 Å². The van der Waals surface area contributed by atoms with Crippen LogP contribution in [0, 0.1) is 5.92 Å². The smallest absolute Gasteiger partial charge is 0.335 e. The normalized spacial score (nSPS) is 12.6. The van der Waals surface area contributed by atoms with Crippen LogP contribution < -0.4 is 0 Å². The summed E-state index contributed by atoms with van der Waals surface area (Å²) in [5.41, 5.74) is 0. The zero-order valence-corrected chi connectivity index (χ0v) is 9.29. The Hall–Kier alpha value is -0.830. The van der Waals surface area contributed by atoms with Gasteiger partial charge in [0, 0.05) is 6.61 Å². The van der Waals surface area contributed by atoms with Crippen molar-refractivity contribution < 1.29 is 14.3 Å². The van der Waals surface area contributed by atoms with Crippen molar-refractivity contribution in [1.29, 1.82) is 0 Å². The van der Waals surface area contributed by atoms with Crippen LogP contribution in [0.15, 0.2) is 12.7 Å². The lowest BCUT2D eigenvalue weighted by Crippen LogP contribution is -2.31. The molecule has 0 aliphatic rings. The summed E-state index contributed by atoms with van der Waals surface area (Å²) >= 11 is 0. The molecule has 3 nitrogen and oxygen atoms in total. The van der Waals surface area contributed by atoms with Gasteiger partial charge in [-0.3, -0.25) is 0 Å². The lowest BCUT2D eigenvalue weighted by atomic mass is 10.1. The average molecular weight is 200 g/mol. The molecule has 0 radical (unpaired) electrons. The SMILES string of the molecule is C=CCCCOC(C(=O)OC)C(C)C. The number of ether oxygens (including phenoxy) is 2. The molecule has 0 saturated heterocycles. The van der Waals surface area contributed by atoms with Gasteiger partial charge in [0.1, 0.15) is 0 Å². The van der Waals surface area contributed by atoms with E-state index in [9.17, 15) is 4.79 Å². The van der Waals surface area contributed by atoms with Crippen LogP contribution >= 0.6 is 0 Å². The summed E-state index contributed by atoms with van der Waals surface area (Å²) in [5, 5.41) is 0. The summed E-state index contributed by atoms with van der Waals surface area (Å²) in [4.78, 5) is 11.2. The highest BCUT2D eigenvalue weighted by atomic mass is 16.6. The third-order valence-electron chi connectivity index (χ3n) is 1.89. The molecular weight excluding hydrogens is 180 g/mol. The molecule has 82 valence electrons. The first kappa shape index (κ1) is 13.2.